The average Bonchev–Trinajstić information content (AvgIpc) is 2.80. The molecule has 0 aromatic carbocycles. The van der Waals surface area contributed by atoms with Gasteiger partial charge in [0.15, 0.2) is 5.96 Å². The van der Waals surface area contributed by atoms with Gasteiger partial charge in [-0.15, -0.1) is 0 Å². The Balaban J connectivity index is 1.85. The molecule has 0 aliphatic carbocycles. The van der Waals surface area contributed by atoms with Crippen LogP contribution in [-0.2, 0) is 11.3 Å². The van der Waals surface area contributed by atoms with E-state index in [9.17, 15) is 0 Å². The highest BCUT2D eigenvalue weighted by Gasteiger charge is 2.21. The van der Waals surface area contributed by atoms with Crippen LogP contribution in [0.3, 0.4) is 0 Å². The molecule has 0 saturated carbocycles. The number of hydrogen-bond donors (Lipinski definition) is 1. The summed E-state index contributed by atoms with van der Waals surface area (Å²) in [6, 6.07) is 2.08. The summed E-state index contributed by atoms with van der Waals surface area (Å²) in [5, 5.41) is 3.43. The molecule has 1 fully saturated rings. The minimum absolute atomic E-state index is 0.406. The Morgan fingerprint density at radius 2 is 2.14 bits per heavy atom. The van der Waals surface area contributed by atoms with Crippen LogP contribution in [0.2, 0.25) is 0 Å². The minimum atomic E-state index is 0.406. The molecule has 5 heteroatoms. The van der Waals surface area contributed by atoms with Crippen LogP contribution in [0.4, 0.5) is 0 Å². The first kappa shape index (κ1) is 15.9. The minimum Gasteiger partial charge on any atom is -0.466 e. The third kappa shape index (κ3) is 4.24. The van der Waals surface area contributed by atoms with Gasteiger partial charge in [0.1, 0.15) is 11.5 Å². The fourth-order valence-corrected chi connectivity index (χ4v) is 2.84. The zero-order valence-electron chi connectivity index (χ0n) is 13.6. The number of piperidine rings is 1. The van der Waals surface area contributed by atoms with Gasteiger partial charge >= 0.3 is 0 Å². The molecule has 5 nitrogen and oxygen atoms in total. The van der Waals surface area contributed by atoms with E-state index in [1.807, 2.05) is 20.9 Å². The number of furan rings is 1. The van der Waals surface area contributed by atoms with Gasteiger partial charge in [0, 0.05) is 38.9 Å². The molecule has 0 radical (unpaired) electrons. The van der Waals surface area contributed by atoms with Gasteiger partial charge in [0.2, 0.25) is 0 Å². The Labute approximate surface area is 127 Å². The normalized spacial score (nSPS) is 17.3. The van der Waals surface area contributed by atoms with E-state index in [1.54, 1.807) is 0 Å². The molecule has 21 heavy (non-hydrogen) atoms. The molecule has 118 valence electrons. The van der Waals surface area contributed by atoms with E-state index in [1.165, 1.54) is 5.56 Å². The fourth-order valence-electron chi connectivity index (χ4n) is 2.84. The van der Waals surface area contributed by atoms with Crippen LogP contribution in [-0.4, -0.2) is 43.7 Å². The van der Waals surface area contributed by atoms with Crippen molar-refractivity contribution in [2.24, 2.45) is 4.99 Å². The molecule has 2 rings (SSSR count). The fraction of sp³-hybridized carbons (Fsp3) is 0.688. The molecule has 0 atom stereocenters. The summed E-state index contributed by atoms with van der Waals surface area (Å²) in [4.78, 5) is 6.70. The summed E-state index contributed by atoms with van der Waals surface area (Å²) < 4.78 is 11.2. The van der Waals surface area contributed by atoms with E-state index < -0.39 is 0 Å². The Hall–Kier alpha value is -1.49. The van der Waals surface area contributed by atoms with Crippen molar-refractivity contribution in [3.05, 3.63) is 23.2 Å². The summed E-state index contributed by atoms with van der Waals surface area (Å²) >= 11 is 0. The van der Waals surface area contributed by atoms with Crippen molar-refractivity contribution >= 4 is 5.96 Å². The van der Waals surface area contributed by atoms with E-state index in [-0.39, 0.29) is 0 Å². The maximum Gasteiger partial charge on any atom is 0.193 e. The van der Waals surface area contributed by atoms with E-state index >= 15 is 0 Å². The highest BCUT2D eigenvalue weighted by Crippen LogP contribution is 2.15. The van der Waals surface area contributed by atoms with Gasteiger partial charge in [0.25, 0.3) is 0 Å². The van der Waals surface area contributed by atoms with Gasteiger partial charge in [-0.2, -0.15) is 0 Å². The Morgan fingerprint density at radius 1 is 1.43 bits per heavy atom. The van der Waals surface area contributed by atoms with Crippen LogP contribution in [0.5, 0.6) is 0 Å². The third-order valence-electron chi connectivity index (χ3n) is 3.94. The molecule has 1 saturated heterocycles. The molecule has 1 aromatic rings. The number of rotatable bonds is 4. The summed E-state index contributed by atoms with van der Waals surface area (Å²) in [5.74, 6) is 2.89. The Morgan fingerprint density at radius 3 is 2.67 bits per heavy atom. The smallest absolute Gasteiger partial charge is 0.193 e. The molecule has 1 aliphatic rings. The third-order valence-corrected chi connectivity index (χ3v) is 3.94. The van der Waals surface area contributed by atoms with Crippen molar-refractivity contribution in [3.63, 3.8) is 0 Å². The van der Waals surface area contributed by atoms with Crippen molar-refractivity contribution in [2.75, 3.05) is 26.7 Å². The monoisotopic (exact) mass is 293 g/mol. The molecule has 2 heterocycles. The SMILES string of the molecule is CCOC1CCN(C(=NC)NCc2cc(C)oc2C)CC1. The number of hydrogen-bond acceptors (Lipinski definition) is 3. The topological polar surface area (TPSA) is 50.0 Å². The average molecular weight is 293 g/mol. The Kier molecular flexibility index (Phi) is 5.67. The summed E-state index contributed by atoms with van der Waals surface area (Å²) in [5.41, 5.74) is 1.19. The highest BCUT2D eigenvalue weighted by molar-refractivity contribution is 5.80. The molecule has 0 spiro atoms. The van der Waals surface area contributed by atoms with Crippen LogP contribution in [0.25, 0.3) is 0 Å². The second kappa shape index (κ2) is 7.50. The summed E-state index contributed by atoms with van der Waals surface area (Å²) in [6.45, 7) is 9.58. The largest absolute Gasteiger partial charge is 0.466 e. The molecule has 1 aliphatic heterocycles. The maximum absolute atomic E-state index is 5.69. The number of guanidine groups is 1. The quantitative estimate of drug-likeness (QED) is 0.684. The van der Waals surface area contributed by atoms with E-state index in [0.717, 1.165) is 56.6 Å². The van der Waals surface area contributed by atoms with Crippen molar-refractivity contribution < 1.29 is 9.15 Å². The lowest BCUT2D eigenvalue weighted by Gasteiger charge is -2.34. The second-order valence-electron chi connectivity index (χ2n) is 5.48. The number of aliphatic imine (C=N–C) groups is 1. The van der Waals surface area contributed by atoms with Crippen molar-refractivity contribution in [3.8, 4) is 0 Å². The first-order valence-electron chi connectivity index (χ1n) is 7.77. The van der Waals surface area contributed by atoms with Crippen LogP contribution >= 0.6 is 0 Å². The highest BCUT2D eigenvalue weighted by atomic mass is 16.5. The van der Waals surface area contributed by atoms with E-state index in [2.05, 4.69) is 28.2 Å². The number of aryl methyl sites for hydroxylation is 2. The lowest BCUT2D eigenvalue weighted by atomic mass is 10.1. The van der Waals surface area contributed by atoms with Gasteiger partial charge in [-0.25, -0.2) is 0 Å². The van der Waals surface area contributed by atoms with Gasteiger partial charge < -0.3 is 19.4 Å². The van der Waals surface area contributed by atoms with Crippen molar-refractivity contribution in [1.29, 1.82) is 0 Å². The number of nitrogens with zero attached hydrogens (tertiary/aromatic N) is 2. The van der Waals surface area contributed by atoms with E-state index in [4.69, 9.17) is 9.15 Å². The molecule has 0 unspecified atom stereocenters. The standard InChI is InChI=1S/C16H27N3O2/c1-5-20-15-6-8-19(9-7-15)16(17-4)18-11-14-10-12(2)21-13(14)3/h10,15H,5-9,11H2,1-4H3,(H,17,18). The van der Waals surface area contributed by atoms with Crippen LogP contribution in [0.1, 0.15) is 36.8 Å². The van der Waals surface area contributed by atoms with Gasteiger partial charge in [-0.1, -0.05) is 0 Å². The van der Waals surface area contributed by atoms with Gasteiger partial charge in [-0.05, 0) is 39.7 Å². The predicted octanol–water partition coefficient (Wildman–Crippen LogP) is 2.47. The lowest BCUT2D eigenvalue weighted by Crippen LogP contribution is -2.46. The summed E-state index contributed by atoms with van der Waals surface area (Å²) in [7, 11) is 1.84. The molecular formula is C16H27N3O2. The van der Waals surface area contributed by atoms with Crippen LogP contribution < -0.4 is 5.32 Å². The molecule has 0 amide bonds. The maximum atomic E-state index is 5.69. The molecular weight excluding hydrogens is 266 g/mol. The number of likely N-dealkylation sites (tertiary alicyclic amines) is 1. The molecule has 1 aromatic heterocycles. The van der Waals surface area contributed by atoms with Gasteiger partial charge in [-0.3, -0.25) is 4.99 Å². The predicted molar refractivity (Wildman–Crippen MR) is 84.6 cm³/mol. The first-order chi connectivity index (χ1) is 10.1. The van der Waals surface area contributed by atoms with Crippen LogP contribution in [0, 0.1) is 13.8 Å². The zero-order valence-corrected chi connectivity index (χ0v) is 13.6. The van der Waals surface area contributed by atoms with Crippen molar-refractivity contribution in [1.82, 2.24) is 10.2 Å². The lowest BCUT2D eigenvalue weighted by molar-refractivity contribution is 0.0263. The molecule has 1 N–H and O–H groups in total. The second-order valence-corrected chi connectivity index (χ2v) is 5.48. The van der Waals surface area contributed by atoms with E-state index in [0.29, 0.717) is 6.10 Å². The zero-order chi connectivity index (χ0) is 15.2. The van der Waals surface area contributed by atoms with Crippen molar-refractivity contribution in [2.45, 2.75) is 46.3 Å². The molecule has 0 bridgehead atoms. The van der Waals surface area contributed by atoms with Crippen LogP contribution in [0.15, 0.2) is 15.5 Å². The number of ether oxygens (including phenoxy) is 1. The summed E-state index contributed by atoms with van der Waals surface area (Å²) in [6.07, 6.45) is 2.54. The van der Waals surface area contributed by atoms with Gasteiger partial charge in [0.05, 0.1) is 6.10 Å². The number of nitrogens with one attached hydrogen (secondary N) is 1. The first-order valence-corrected chi connectivity index (χ1v) is 7.77. The Bertz CT molecular complexity index is 474.